The van der Waals surface area contributed by atoms with Gasteiger partial charge in [0.25, 0.3) is 0 Å². The Morgan fingerprint density at radius 2 is 2.04 bits per heavy atom. The minimum absolute atomic E-state index is 0.623. The van der Waals surface area contributed by atoms with E-state index in [-0.39, 0.29) is 0 Å². The Balaban J connectivity index is 1.63. The summed E-state index contributed by atoms with van der Waals surface area (Å²) in [6.45, 7) is 5.96. The lowest BCUT2D eigenvalue weighted by molar-refractivity contribution is 0.726. The average Bonchev–Trinajstić information content (AvgIpc) is 3.40. The summed E-state index contributed by atoms with van der Waals surface area (Å²) in [5.41, 5.74) is 1.23. The number of pyridine rings is 1. The summed E-state index contributed by atoms with van der Waals surface area (Å²) in [7, 11) is 0. The van der Waals surface area contributed by atoms with Crippen molar-refractivity contribution in [2.24, 2.45) is 4.99 Å². The maximum Gasteiger partial charge on any atom is 0.191 e. The summed E-state index contributed by atoms with van der Waals surface area (Å²) in [5, 5.41) is 6.78. The molecule has 1 aromatic rings. The molecular formula is C18H29N5. The smallest absolute Gasteiger partial charge is 0.191 e. The maximum atomic E-state index is 4.72. The molecule has 0 amide bonds. The molecule has 1 aromatic heterocycles. The number of nitrogens with zero attached hydrogens (tertiary/aromatic N) is 3. The quantitative estimate of drug-likeness (QED) is 0.648. The van der Waals surface area contributed by atoms with Crippen molar-refractivity contribution in [1.29, 1.82) is 0 Å². The normalized spacial score (nSPS) is 19.3. The van der Waals surface area contributed by atoms with Crippen LogP contribution >= 0.6 is 0 Å². The second-order valence-corrected chi connectivity index (χ2v) is 6.54. The van der Waals surface area contributed by atoms with E-state index in [9.17, 15) is 0 Å². The van der Waals surface area contributed by atoms with Crippen LogP contribution in [0.5, 0.6) is 0 Å². The molecule has 0 unspecified atom stereocenters. The number of hydrogen-bond acceptors (Lipinski definition) is 3. The Morgan fingerprint density at radius 1 is 1.26 bits per heavy atom. The van der Waals surface area contributed by atoms with E-state index in [0.29, 0.717) is 12.6 Å². The van der Waals surface area contributed by atoms with Gasteiger partial charge in [-0.05, 0) is 50.3 Å². The predicted molar refractivity (Wildman–Crippen MR) is 95.9 cm³/mol. The summed E-state index contributed by atoms with van der Waals surface area (Å²) in [6.07, 6.45) is 9.70. The zero-order valence-electron chi connectivity index (χ0n) is 14.2. The third-order valence-electron chi connectivity index (χ3n) is 4.42. The fraction of sp³-hybridized carbons (Fsp3) is 0.667. The summed E-state index contributed by atoms with van der Waals surface area (Å²) in [4.78, 5) is 11.7. The molecule has 2 aliphatic rings. The van der Waals surface area contributed by atoms with Crippen LogP contribution in [-0.4, -0.2) is 36.6 Å². The van der Waals surface area contributed by atoms with Crippen LogP contribution in [0.1, 0.15) is 51.0 Å². The van der Waals surface area contributed by atoms with E-state index >= 15 is 0 Å². The first kappa shape index (κ1) is 16.1. The summed E-state index contributed by atoms with van der Waals surface area (Å²) in [6, 6.07) is 4.90. The standard InChI is InChI=1S/C18H29N5/c1-2-19-18(22-16-7-8-16)21-14-15-9-10-20-17(13-15)23-11-5-3-4-6-12-23/h9-10,13,16H,2-8,11-12,14H2,1H3,(H2,19,21,22). The van der Waals surface area contributed by atoms with Gasteiger partial charge in [-0.25, -0.2) is 9.98 Å². The van der Waals surface area contributed by atoms with E-state index in [1.807, 2.05) is 6.20 Å². The van der Waals surface area contributed by atoms with E-state index in [1.165, 1.54) is 44.1 Å². The molecule has 2 heterocycles. The van der Waals surface area contributed by atoms with Gasteiger partial charge in [-0.15, -0.1) is 0 Å². The van der Waals surface area contributed by atoms with Crippen LogP contribution in [0, 0.1) is 0 Å². The highest BCUT2D eigenvalue weighted by Crippen LogP contribution is 2.19. The van der Waals surface area contributed by atoms with E-state index < -0.39 is 0 Å². The van der Waals surface area contributed by atoms with Gasteiger partial charge in [0.2, 0.25) is 0 Å². The lowest BCUT2D eigenvalue weighted by Crippen LogP contribution is -2.38. The molecule has 0 atom stereocenters. The third kappa shape index (κ3) is 5.12. The summed E-state index contributed by atoms with van der Waals surface area (Å²) < 4.78 is 0. The van der Waals surface area contributed by atoms with Crippen LogP contribution in [0.15, 0.2) is 23.3 Å². The second kappa shape index (κ2) is 8.18. The monoisotopic (exact) mass is 315 g/mol. The first-order valence-corrected chi connectivity index (χ1v) is 9.10. The lowest BCUT2D eigenvalue weighted by atomic mass is 10.2. The van der Waals surface area contributed by atoms with Crippen molar-refractivity contribution in [2.45, 2.75) is 58.0 Å². The molecule has 0 radical (unpaired) electrons. The van der Waals surface area contributed by atoms with Gasteiger partial charge in [-0.2, -0.15) is 0 Å². The molecule has 1 aliphatic carbocycles. The topological polar surface area (TPSA) is 52.6 Å². The molecule has 2 N–H and O–H groups in total. The highest BCUT2D eigenvalue weighted by molar-refractivity contribution is 5.80. The van der Waals surface area contributed by atoms with Gasteiger partial charge in [-0.1, -0.05) is 12.8 Å². The zero-order chi connectivity index (χ0) is 15.9. The Bertz CT molecular complexity index is 516. The van der Waals surface area contributed by atoms with E-state index in [2.05, 4.69) is 39.6 Å². The van der Waals surface area contributed by atoms with Gasteiger partial charge in [-0.3, -0.25) is 0 Å². The maximum absolute atomic E-state index is 4.72. The van der Waals surface area contributed by atoms with Gasteiger partial charge in [0.05, 0.1) is 6.54 Å². The van der Waals surface area contributed by atoms with E-state index in [0.717, 1.165) is 31.4 Å². The Labute approximate surface area is 139 Å². The highest BCUT2D eigenvalue weighted by atomic mass is 15.2. The SMILES string of the molecule is CCNC(=NCc1ccnc(N2CCCCCC2)c1)NC1CC1. The van der Waals surface area contributed by atoms with Crippen molar-refractivity contribution in [1.82, 2.24) is 15.6 Å². The first-order valence-electron chi connectivity index (χ1n) is 9.10. The van der Waals surface area contributed by atoms with Crippen molar-refractivity contribution < 1.29 is 0 Å². The Kier molecular flexibility index (Phi) is 5.72. The van der Waals surface area contributed by atoms with Gasteiger partial charge >= 0.3 is 0 Å². The zero-order valence-corrected chi connectivity index (χ0v) is 14.2. The third-order valence-corrected chi connectivity index (χ3v) is 4.42. The number of guanidine groups is 1. The van der Waals surface area contributed by atoms with Crippen molar-refractivity contribution in [3.63, 3.8) is 0 Å². The van der Waals surface area contributed by atoms with Crippen LogP contribution < -0.4 is 15.5 Å². The van der Waals surface area contributed by atoms with Gasteiger partial charge in [0.1, 0.15) is 5.82 Å². The molecule has 23 heavy (non-hydrogen) atoms. The van der Waals surface area contributed by atoms with E-state index in [1.54, 1.807) is 0 Å². The van der Waals surface area contributed by atoms with Gasteiger partial charge < -0.3 is 15.5 Å². The molecule has 0 spiro atoms. The predicted octanol–water partition coefficient (Wildman–Crippen LogP) is 2.68. The number of aromatic nitrogens is 1. The molecule has 3 rings (SSSR count). The lowest BCUT2D eigenvalue weighted by Gasteiger charge is -2.21. The Morgan fingerprint density at radius 3 is 2.74 bits per heavy atom. The average molecular weight is 315 g/mol. The molecular weight excluding hydrogens is 286 g/mol. The molecule has 5 heteroatoms. The fourth-order valence-corrected chi connectivity index (χ4v) is 2.94. The number of anilines is 1. The minimum atomic E-state index is 0.623. The van der Waals surface area contributed by atoms with Crippen molar-refractivity contribution in [2.75, 3.05) is 24.5 Å². The van der Waals surface area contributed by atoms with E-state index in [4.69, 9.17) is 4.99 Å². The van der Waals surface area contributed by atoms with Gasteiger partial charge in [0, 0.05) is 31.9 Å². The van der Waals surface area contributed by atoms with Gasteiger partial charge in [0.15, 0.2) is 5.96 Å². The summed E-state index contributed by atoms with van der Waals surface area (Å²) in [5.74, 6) is 2.04. The highest BCUT2D eigenvalue weighted by Gasteiger charge is 2.22. The van der Waals surface area contributed by atoms with Crippen molar-refractivity contribution in [3.05, 3.63) is 23.9 Å². The number of aliphatic imine (C=N–C) groups is 1. The molecule has 1 aliphatic heterocycles. The Hall–Kier alpha value is -1.78. The van der Waals surface area contributed by atoms with Crippen LogP contribution in [0.3, 0.4) is 0 Å². The van der Waals surface area contributed by atoms with Crippen LogP contribution in [-0.2, 0) is 6.54 Å². The van der Waals surface area contributed by atoms with Crippen molar-refractivity contribution in [3.8, 4) is 0 Å². The largest absolute Gasteiger partial charge is 0.357 e. The molecule has 126 valence electrons. The number of hydrogen-bond donors (Lipinski definition) is 2. The second-order valence-electron chi connectivity index (χ2n) is 6.54. The molecule has 1 saturated carbocycles. The van der Waals surface area contributed by atoms with Crippen LogP contribution in [0.25, 0.3) is 0 Å². The number of rotatable bonds is 5. The summed E-state index contributed by atoms with van der Waals surface area (Å²) >= 11 is 0. The molecule has 0 bridgehead atoms. The molecule has 2 fully saturated rings. The molecule has 1 saturated heterocycles. The van der Waals surface area contributed by atoms with Crippen molar-refractivity contribution >= 4 is 11.8 Å². The fourth-order valence-electron chi connectivity index (χ4n) is 2.94. The van der Waals surface area contributed by atoms with Crippen LogP contribution in [0.4, 0.5) is 5.82 Å². The minimum Gasteiger partial charge on any atom is -0.357 e. The molecule has 5 nitrogen and oxygen atoms in total. The first-order chi connectivity index (χ1) is 11.3. The number of nitrogens with one attached hydrogen (secondary N) is 2. The molecule has 0 aromatic carbocycles. The van der Waals surface area contributed by atoms with Crippen LogP contribution in [0.2, 0.25) is 0 Å².